The Labute approximate surface area is 180 Å². The Morgan fingerprint density at radius 3 is 2.87 bits per heavy atom. The first-order valence-electron chi connectivity index (χ1n) is 9.62. The molecule has 1 fully saturated rings. The molecule has 0 spiro atoms. The Morgan fingerprint density at radius 2 is 2.16 bits per heavy atom. The zero-order valence-electron chi connectivity index (χ0n) is 16.8. The first kappa shape index (κ1) is 19.9. The maximum absolute atomic E-state index is 15.4. The third-order valence-corrected chi connectivity index (χ3v) is 5.65. The van der Waals surface area contributed by atoms with Gasteiger partial charge in [-0.15, -0.1) is 0 Å². The van der Waals surface area contributed by atoms with Gasteiger partial charge in [0.15, 0.2) is 11.5 Å². The van der Waals surface area contributed by atoms with E-state index >= 15 is 4.39 Å². The van der Waals surface area contributed by atoms with Crippen molar-refractivity contribution < 1.29 is 14.3 Å². The summed E-state index contributed by atoms with van der Waals surface area (Å²) in [6.45, 7) is 4.36. The van der Waals surface area contributed by atoms with Crippen molar-refractivity contribution in [3.05, 3.63) is 41.2 Å². The molecule has 11 heteroatoms. The Bertz CT molecular complexity index is 1340. The zero-order chi connectivity index (χ0) is 21.9. The highest BCUT2D eigenvalue weighted by Crippen LogP contribution is 2.39. The average Bonchev–Trinajstić information content (AvgIpc) is 3.29. The van der Waals surface area contributed by atoms with Gasteiger partial charge in [0.2, 0.25) is 5.91 Å². The van der Waals surface area contributed by atoms with Gasteiger partial charge in [0.25, 0.3) is 0 Å². The van der Waals surface area contributed by atoms with Crippen molar-refractivity contribution in [1.82, 2.24) is 29.5 Å². The van der Waals surface area contributed by atoms with E-state index in [9.17, 15) is 9.90 Å². The number of aromatic nitrogens is 5. The highest BCUT2D eigenvalue weighted by molar-refractivity contribution is 6.35. The van der Waals surface area contributed by atoms with Gasteiger partial charge in [-0.05, 0) is 6.92 Å². The summed E-state index contributed by atoms with van der Waals surface area (Å²) in [5.74, 6) is -0.398. The molecule has 1 aromatic carbocycles. The average molecular weight is 444 g/mol. The lowest BCUT2D eigenvalue weighted by Crippen LogP contribution is -2.59. The van der Waals surface area contributed by atoms with E-state index in [4.69, 9.17) is 11.6 Å². The molecular weight excluding hydrogens is 425 g/mol. The monoisotopic (exact) mass is 443 g/mol. The number of rotatable bonds is 4. The van der Waals surface area contributed by atoms with Gasteiger partial charge < -0.3 is 14.8 Å². The summed E-state index contributed by atoms with van der Waals surface area (Å²) in [6, 6.07) is 0. The van der Waals surface area contributed by atoms with Crippen LogP contribution in [-0.4, -0.2) is 59.2 Å². The number of H-pyrrole nitrogens is 1. The topological polar surface area (TPSA) is 111 Å². The number of imidazole rings is 1. The van der Waals surface area contributed by atoms with E-state index in [0.29, 0.717) is 58.8 Å². The van der Waals surface area contributed by atoms with Gasteiger partial charge >= 0.3 is 0 Å². The van der Waals surface area contributed by atoms with Crippen LogP contribution in [0.25, 0.3) is 27.8 Å². The molecule has 4 aromatic rings. The number of aromatic amines is 1. The standard InChI is InChI=1S/C20H19ClFN7O2/c1-10(30)25-14-7-29-6-13(23-4-15(29)26-14)16-11-3-24-27-19(11)12(18(22)17(16)21)5-28-8-20(2,31)9-28/h3-4,6-7,31H,5,8-9H2,1-2H3,(H,24,27)(H,25,30). The molecule has 3 N–H and O–H groups in total. The molecule has 0 unspecified atom stereocenters. The Balaban J connectivity index is 1.59. The molecule has 1 saturated heterocycles. The molecule has 160 valence electrons. The highest BCUT2D eigenvalue weighted by Gasteiger charge is 2.37. The molecule has 0 atom stereocenters. The molecule has 5 rings (SSSR count). The Kier molecular flexibility index (Phi) is 4.47. The fraction of sp³-hybridized carbons (Fsp3) is 0.300. The first-order chi connectivity index (χ1) is 14.7. The molecular formula is C20H19ClFN7O2. The van der Waals surface area contributed by atoms with Crippen molar-refractivity contribution >= 4 is 39.9 Å². The lowest BCUT2D eigenvalue weighted by atomic mass is 9.95. The number of aliphatic hydroxyl groups is 1. The van der Waals surface area contributed by atoms with Crippen molar-refractivity contribution in [2.75, 3.05) is 18.4 Å². The largest absolute Gasteiger partial charge is 0.388 e. The summed E-state index contributed by atoms with van der Waals surface area (Å²) in [7, 11) is 0. The summed E-state index contributed by atoms with van der Waals surface area (Å²) in [6.07, 6.45) is 6.43. The number of benzene rings is 1. The SMILES string of the molecule is CC(=O)Nc1cn2cc(-c3c(Cl)c(F)c(CN4CC(C)(O)C4)c4[nH]ncc34)ncc2n1. The first-order valence-corrected chi connectivity index (χ1v) is 10.00. The number of hydrogen-bond acceptors (Lipinski definition) is 6. The number of hydrogen-bond donors (Lipinski definition) is 3. The molecule has 3 aromatic heterocycles. The third-order valence-electron chi connectivity index (χ3n) is 5.30. The molecule has 0 radical (unpaired) electrons. The van der Waals surface area contributed by atoms with Crippen LogP contribution >= 0.6 is 11.6 Å². The number of carbonyl (C=O) groups excluding carboxylic acids is 1. The van der Waals surface area contributed by atoms with Crippen molar-refractivity contribution in [3.8, 4) is 11.3 Å². The molecule has 31 heavy (non-hydrogen) atoms. The fourth-order valence-electron chi connectivity index (χ4n) is 4.10. The van der Waals surface area contributed by atoms with E-state index in [-0.39, 0.29) is 10.9 Å². The second-order valence-corrected chi connectivity index (χ2v) is 8.51. The molecule has 1 amide bonds. The minimum Gasteiger partial charge on any atom is -0.388 e. The van der Waals surface area contributed by atoms with Crippen LogP contribution in [0.2, 0.25) is 5.02 Å². The summed E-state index contributed by atoms with van der Waals surface area (Å²) in [5, 5.41) is 20.1. The Morgan fingerprint density at radius 1 is 1.39 bits per heavy atom. The molecule has 1 aliphatic heterocycles. The maximum Gasteiger partial charge on any atom is 0.222 e. The van der Waals surface area contributed by atoms with E-state index in [0.717, 1.165) is 0 Å². The molecule has 9 nitrogen and oxygen atoms in total. The van der Waals surface area contributed by atoms with Gasteiger partial charge in [0.05, 0.1) is 40.4 Å². The van der Waals surface area contributed by atoms with E-state index < -0.39 is 11.4 Å². The quantitative estimate of drug-likeness (QED) is 0.447. The molecule has 0 saturated carbocycles. The van der Waals surface area contributed by atoms with Gasteiger partial charge in [-0.2, -0.15) is 5.10 Å². The number of halogens is 2. The van der Waals surface area contributed by atoms with Crippen LogP contribution in [-0.2, 0) is 11.3 Å². The number of nitrogens with zero attached hydrogens (tertiary/aromatic N) is 5. The highest BCUT2D eigenvalue weighted by atomic mass is 35.5. The second kappa shape index (κ2) is 6.98. The second-order valence-electron chi connectivity index (χ2n) is 8.13. The predicted octanol–water partition coefficient (Wildman–Crippen LogP) is 2.59. The van der Waals surface area contributed by atoms with E-state index in [2.05, 4.69) is 25.5 Å². The number of β-amino-alcohol motifs (C(OH)–C–C–N with tert-alkyl or cyclic N) is 1. The predicted molar refractivity (Wildman–Crippen MR) is 113 cm³/mol. The summed E-state index contributed by atoms with van der Waals surface area (Å²) in [5.41, 5.74) is 1.55. The van der Waals surface area contributed by atoms with E-state index in [1.807, 2.05) is 4.90 Å². The normalized spacial score (nSPS) is 16.0. The van der Waals surface area contributed by atoms with Gasteiger partial charge in [-0.25, -0.2) is 9.37 Å². The van der Waals surface area contributed by atoms with Crippen molar-refractivity contribution in [2.24, 2.45) is 0 Å². The van der Waals surface area contributed by atoms with Gasteiger partial charge in [-0.1, -0.05) is 11.6 Å². The minimum atomic E-state index is -0.756. The summed E-state index contributed by atoms with van der Waals surface area (Å²) < 4.78 is 17.1. The number of carbonyl (C=O) groups is 1. The van der Waals surface area contributed by atoms with Crippen LogP contribution in [0.4, 0.5) is 10.2 Å². The number of anilines is 1. The number of amides is 1. The van der Waals surface area contributed by atoms with Crippen LogP contribution in [0.1, 0.15) is 19.4 Å². The molecule has 0 aliphatic carbocycles. The van der Waals surface area contributed by atoms with Crippen molar-refractivity contribution in [3.63, 3.8) is 0 Å². The molecule has 1 aliphatic rings. The molecule has 4 heterocycles. The van der Waals surface area contributed by atoms with Crippen LogP contribution in [0.15, 0.2) is 24.8 Å². The van der Waals surface area contributed by atoms with Crippen LogP contribution in [0, 0.1) is 5.82 Å². The summed E-state index contributed by atoms with van der Waals surface area (Å²) >= 11 is 6.49. The number of fused-ring (bicyclic) bond motifs is 2. The van der Waals surface area contributed by atoms with Crippen LogP contribution in [0.5, 0.6) is 0 Å². The van der Waals surface area contributed by atoms with Crippen LogP contribution < -0.4 is 5.32 Å². The summed E-state index contributed by atoms with van der Waals surface area (Å²) in [4.78, 5) is 21.9. The fourth-order valence-corrected chi connectivity index (χ4v) is 4.41. The zero-order valence-corrected chi connectivity index (χ0v) is 17.5. The van der Waals surface area contributed by atoms with Gasteiger partial charge in [0.1, 0.15) is 5.82 Å². The third kappa shape index (κ3) is 3.42. The maximum atomic E-state index is 15.4. The Hall–Kier alpha value is -3.08. The lowest BCUT2D eigenvalue weighted by Gasteiger charge is -2.44. The van der Waals surface area contributed by atoms with Gasteiger partial charge in [-0.3, -0.25) is 19.8 Å². The van der Waals surface area contributed by atoms with Crippen LogP contribution in [0.3, 0.4) is 0 Å². The lowest BCUT2D eigenvalue weighted by molar-refractivity contribution is -0.114. The smallest absolute Gasteiger partial charge is 0.222 e. The van der Waals surface area contributed by atoms with E-state index in [1.165, 1.54) is 13.1 Å². The number of nitrogens with one attached hydrogen (secondary N) is 2. The minimum absolute atomic E-state index is 0.0507. The van der Waals surface area contributed by atoms with Gasteiger partial charge in [0, 0.05) is 49.3 Å². The van der Waals surface area contributed by atoms with E-state index in [1.54, 1.807) is 29.9 Å². The van der Waals surface area contributed by atoms with Crippen molar-refractivity contribution in [1.29, 1.82) is 0 Å². The van der Waals surface area contributed by atoms with Crippen molar-refractivity contribution in [2.45, 2.75) is 26.0 Å². The molecule has 0 bridgehead atoms. The number of likely N-dealkylation sites (tertiary alicyclic amines) is 1.